The maximum atomic E-state index is 11.9. The Hall–Kier alpha value is -2.68. The van der Waals surface area contributed by atoms with E-state index in [0.29, 0.717) is 10.8 Å². The monoisotopic (exact) mass is 288 g/mol. The summed E-state index contributed by atoms with van der Waals surface area (Å²) in [7, 11) is 0. The maximum Gasteiger partial charge on any atom is 0.316 e. The molecular formula is C11H8N6O2S. The van der Waals surface area contributed by atoms with E-state index in [1.165, 1.54) is 29.9 Å². The molecule has 0 aliphatic carbocycles. The van der Waals surface area contributed by atoms with Gasteiger partial charge in [0.2, 0.25) is 5.82 Å². The molecule has 0 aromatic carbocycles. The fourth-order valence-electron chi connectivity index (χ4n) is 1.40. The van der Waals surface area contributed by atoms with E-state index in [0.717, 1.165) is 4.88 Å². The lowest BCUT2D eigenvalue weighted by Gasteiger charge is -1.94. The van der Waals surface area contributed by atoms with Crippen molar-refractivity contribution in [2.45, 2.75) is 6.92 Å². The standard InChI is InChI=1S/C11H8N6O2S/c1-6-4-14-11(20-6)16-9(18)10-15-8(17-19-10)7-5-12-2-3-13-7/h2-5H,1H3,(H,14,16,18). The molecule has 0 aliphatic rings. The van der Waals surface area contributed by atoms with Gasteiger partial charge in [0, 0.05) is 23.5 Å². The lowest BCUT2D eigenvalue weighted by atomic mass is 10.4. The Balaban J connectivity index is 1.78. The van der Waals surface area contributed by atoms with E-state index in [2.05, 4.69) is 30.4 Å². The van der Waals surface area contributed by atoms with Crippen LogP contribution in [0.2, 0.25) is 0 Å². The number of nitrogens with one attached hydrogen (secondary N) is 1. The zero-order valence-corrected chi connectivity index (χ0v) is 11.1. The quantitative estimate of drug-likeness (QED) is 0.779. The molecule has 100 valence electrons. The van der Waals surface area contributed by atoms with Crippen molar-refractivity contribution in [1.82, 2.24) is 25.1 Å². The first-order valence-corrected chi connectivity index (χ1v) is 6.38. The number of anilines is 1. The summed E-state index contributed by atoms with van der Waals surface area (Å²) in [6.07, 6.45) is 6.18. The third-order valence-electron chi connectivity index (χ3n) is 2.25. The van der Waals surface area contributed by atoms with Crippen LogP contribution >= 0.6 is 11.3 Å². The molecule has 1 N–H and O–H groups in total. The number of aryl methyl sites for hydroxylation is 1. The summed E-state index contributed by atoms with van der Waals surface area (Å²) in [5.41, 5.74) is 0.431. The van der Waals surface area contributed by atoms with Crippen molar-refractivity contribution in [3.63, 3.8) is 0 Å². The first kappa shape index (κ1) is 12.4. The van der Waals surface area contributed by atoms with Crippen molar-refractivity contribution in [3.8, 4) is 11.5 Å². The summed E-state index contributed by atoms with van der Waals surface area (Å²) in [4.78, 5) is 28.8. The lowest BCUT2D eigenvalue weighted by molar-refractivity contribution is 0.0981. The van der Waals surface area contributed by atoms with Crippen LogP contribution in [-0.4, -0.2) is 31.0 Å². The van der Waals surface area contributed by atoms with Gasteiger partial charge in [-0.15, -0.1) is 11.3 Å². The summed E-state index contributed by atoms with van der Waals surface area (Å²) in [5.74, 6) is -0.459. The molecule has 0 unspecified atom stereocenters. The molecule has 1 amide bonds. The van der Waals surface area contributed by atoms with Crippen molar-refractivity contribution < 1.29 is 9.32 Å². The van der Waals surface area contributed by atoms with Crippen LogP contribution in [-0.2, 0) is 0 Å². The predicted molar refractivity (Wildman–Crippen MR) is 70.1 cm³/mol. The van der Waals surface area contributed by atoms with E-state index in [1.807, 2.05) is 6.92 Å². The van der Waals surface area contributed by atoms with E-state index in [4.69, 9.17) is 4.52 Å². The molecule has 0 saturated heterocycles. The van der Waals surface area contributed by atoms with Crippen LogP contribution in [0, 0.1) is 6.92 Å². The van der Waals surface area contributed by atoms with Gasteiger partial charge in [-0.2, -0.15) is 4.98 Å². The second-order valence-corrected chi connectivity index (χ2v) is 4.98. The number of thiazole rings is 1. The Morgan fingerprint density at radius 3 is 2.90 bits per heavy atom. The Morgan fingerprint density at radius 2 is 2.20 bits per heavy atom. The van der Waals surface area contributed by atoms with Crippen LogP contribution in [0.4, 0.5) is 5.13 Å². The van der Waals surface area contributed by atoms with Crippen molar-refractivity contribution in [3.05, 3.63) is 35.6 Å². The normalized spacial score (nSPS) is 10.4. The van der Waals surface area contributed by atoms with E-state index in [9.17, 15) is 4.79 Å². The fraction of sp³-hybridized carbons (Fsp3) is 0.0909. The van der Waals surface area contributed by atoms with Gasteiger partial charge < -0.3 is 4.52 Å². The van der Waals surface area contributed by atoms with Gasteiger partial charge in [0.1, 0.15) is 5.69 Å². The zero-order chi connectivity index (χ0) is 13.9. The Bertz CT molecular complexity index is 738. The number of amides is 1. The highest BCUT2D eigenvalue weighted by atomic mass is 32.1. The summed E-state index contributed by atoms with van der Waals surface area (Å²) in [6.45, 7) is 1.90. The molecule has 3 heterocycles. The van der Waals surface area contributed by atoms with Gasteiger partial charge in [-0.05, 0) is 6.92 Å². The van der Waals surface area contributed by atoms with Gasteiger partial charge in [0.15, 0.2) is 5.13 Å². The molecule has 0 radical (unpaired) electrons. The molecule has 0 atom stereocenters. The highest BCUT2D eigenvalue weighted by Gasteiger charge is 2.17. The molecule has 3 aromatic rings. The molecule has 0 saturated carbocycles. The van der Waals surface area contributed by atoms with E-state index in [-0.39, 0.29) is 11.7 Å². The van der Waals surface area contributed by atoms with E-state index >= 15 is 0 Å². The van der Waals surface area contributed by atoms with Gasteiger partial charge >= 0.3 is 11.8 Å². The van der Waals surface area contributed by atoms with Crippen LogP contribution in [0.1, 0.15) is 15.6 Å². The molecule has 0 bridgehead atoms. The van der Waals surface area contributed by atoms with E-state index in [1.54, 1.807) is 6.20 Å². The first-order valence-electron chi connectivity index (χ1n) is 5.56. The average molecular weight is 288 g/mol. The van der Waals surface area contributed by atoms with Crippen LogP contribution in [0.5, 0.6) is 0 Å². The fourth-order valence-corrected chi connectivity index (χ4v) is 2.06. The largest absolute Gasteiger partial charge is 0.328 e. The smallest absolute Gasteiger partial charge is 0.316 e. The van der Waals surface area contributed by atoms with Crippen LogP contribution < -0.4 is 5.32 Å². The minimum absolute atomic E-state index is 0.154. The van der Waals surface area contributed by atoms with E-state index < -0.39 is 5.91 Å². The number of carbonyl (C=O) groups excluding carboxylic acids is 1. The topological polar surface area (TPSA) is 107 Å². The van der Waals surface area contributed by atoms with Crippen molar-refractivity contribution in [1.29, 1.82) is 0 Å². The SMILES string of the molecule is Cc1cnc(NC(=O)c2nc(-c3cnccn3)no2)s1. The van der Waals surface area contributed by atoms with Gasteiger partial charge in [-0.25, -0.2) is 9.97 Å². The van der Waals surface area contributed by atoms with Gasteiger partial charge in [-0.1, -0.05) is 5.16 Å². The second-order valence-electron chi connectivity index (χ2n) is 3.74. The highest BCUT2D eigenvalue weighted by Crippen LogP contribution is 2.18. The summed E-state index contributed by atoms with van der Waals surface area (Å²) >= 11 is 1.36. The number of aromatic nitrogens is 5. The molecule has 0 spiro atoms. The predicted octanol–water partition coefficient (Wildman–Crippen LogP) is 1.54. The Morgan fingerprint density at radius 1 is 1.30 bits per heavy atom. The molecular weight excluding hydrogens is 280 g/mol. The zero-order valence-electron chi connectivity index (χ0n) is 10.3. The average Bonchev–Trinajstić information content (AvgIpc) is 3.09. The van der Waals surface area contributed by atoms with Crippen LogP contribution in [0.25, 0.3) is 11.5 Å². The van der Waals surface area contributed by atoms with Crippen molar-refractivity contribution >= 4 is 22.4 Å². The van der Waals surface area contributed by atoms with Gasteiger partial charge in [0.05, 0.1) is 6.20 Å². The minimum Gasteiger partial charge on any atom is -0.328 e. The van der Waals surface area contributed by atoms with Crippen LogP contribution in [0.15, 0.2) is 29.3 Å². The minimum atomic E-state index is -0.512. The number of hydrogen-bond acceptors (Lipinski definition) is 8. The Labute approximate surface area is 116 Å². The molecule has 0 aliphatic heterocycles. The molecule has 20 heavy (non-hydrogen) atoms. The molecule has 9 heteroatoms. The lowest BCUT2D eigenvalue weighted by Crippen LogP contribution is -2.11. The summed E-state index contributed by atoms with van der Waals surface area (Å²) in [5, 5.41) is 6.75. The number of rotatable bonds is 3. The number of hydrogen-bond donors (Lipinski definition) is 1. The van der Waals surface area contributed by atoms with Gasteiger partial charge in [-0.3, -0.25) is 15.1 Å². The molecule has 8 nitrogen and oxygen atoms in total. The summed E-state index contributed by atoms with van der Waals surface area (Å²) in [6, 6.07) is 0. The third-order valence-corrected chi connectivity index (χ3v) is 3.08. The molecule has 0 fully saturated rings. The van der Waals surface area contributed by atoms with Gasteiger partial charge in [0.25, 0.3) is 0 Å². The molecule has 3 rings (SSSR count). The van der Waals surface area contributed by atoms with Crippen molar-refractivity contribution in [2.24, 2.45) is 0 Å². The van der Waals surface area contributed by atoms with Crippen LogP contribution in [0.3, 0.4) is 0 Å². The van der Waals surface area contributed by atoms with Crippen molar-refractivity contribution in [2.75, 3.05) is 5.32 Å². The maximum absolute atomic E-state index is 11.9. The number of carbonyl (C=O) groups is 1. The summed E-state index contributed by atoms with van der Waals surface area (Å²) < 4.78 is 4.90. The number of nitrogens with zero attached hydrogens (tertiary/aromatic N) is 5. The first-order chi connectivity index (χ1) is 9.72. The second kappa shape index (κ2) is 5.13. The Kier molecular flexibility index (Phi) is 3.17. The highest BCUT2D eigenvalue weighted by molar-refractivity contribution is 7.15. The molecule has 3 aromatic heterocycles. The third kappa shape index (κ3) is 2.52.